The molecule has 7 rings (SSSR count). The van der Waals surface area contributed by atoms with Crippen LogP contribution in [0.3, 0.4) is 0 Å². The van der Waals surface area contributed by atoms with Crippen LogP contribution in [0.1, 0.15) is 67.5 Å². The van der Waals surface area contributed by atoms with Gasteiger partial charge in [-0.15, -0.1) is 6.42 Å². The summed E-state index contributed by atoms with van der Waals surface area (Å²) in [7, 11) is 0. The maximum atomic E-state index is 14.8. The first kappa shape index (κ1) is 28.1. The second kappa shape index (κ2) is 10.5. The molecule has 0 unspecified atom stereocenters. The van der Waals surface area contributed by atoms with Gasteiger partial charge >= 0.3 is 6.01 Å². The third-order valence-corrected chi connectivity index (χ3v) is 9.65. The van der Waals surface area contributed by atoms with Crippen LogP contribution in [0, 0.1) is 18.2 Å². The number of ether oxygens (including phenoxy) is 2. The van der Waals surface area contributed by atoms with Crippen LogP contribution in [0.5, 0.6) is 6.01 Å². The van der Waals surface area contributed by atoms with Gasteiger partial charge in [-0.1, -0.05) is 24.1 Å². The first-order valence-corrected chi connectivity index (χ1v) is 15.2. The van der Waals surface area contributed by atoms with Gasteiger partial charge in [-0.05, 0) is 74.7 Å². The lowest BCUT2D eigenvalue weighted by Crippen LogP contribution is -2.47. The lowest BCUT2D eigenvalue weighted by atomic mass is 9.91. The molecule has 0 amide bonds. The number of terminal acetylenes is 1. The Balaban J connectivity index is 1.27. The van der Waals surface area contributed by atoms with Crippen molar-refractivity contribution in [2.24, 2.45) is 0 Å². The summed E-state index contributed by atoms with van der Waals surface area (Å²) in [6.45, 7) is 10.1. The van der Waals surface area contributed by atoms with Crippen molar-refractivity contribution in [1.82, 2.24) is 14.9 Å². The van der Waals surface area contributed by atoms with E-state index in [1.54, 1.807) is 12.1 Å². The Morgan fingerprint density at radius 2 is 2.09 bits per heavy atom. The lowest BCUT2D eigenvalue weighted by molar-refractivity contribution is 0.0252. The highest BCUT2D eigenvalue weighted by Crippen LogP contribution is 2.43. The molecule has 3 aromatic rings. The van der Waals surface area contributed by atoms with Crippen LogP contribution in [0.15, 0.2) is 36.4 Å². The van der Waals surface area contributed by atoms with Crippen molar-refractivity contribution in [2.45, 2.75) is 69.3 Å². The molecule has 0 saturated carbocycles. The highest BCUT2D eigenvalue weighted by molar-refractivity contribution is 5.94. The van der Waals surface area contributed by atoms with Gasteiger partial charge in [0.25, 0.3) is 0 Å². The van der Waals surface area contributed by atoms with E-state index in [0.29, 0.717) is 36.7 Å². The van der Waals surface area contributed by atoms with Crippen molar-refractivity contribution in [2.75, 3.05) is 43.4 Å². The molecule has 9 heteroatoms. The lowest BCUT2D eigenvalue weighted by Gasteiger charge is -2.39. The number of nitrogen functional groups attached to an aromatic ring is 1. The number of hydrogen-bond acceptors (Lipinski definition) is 8. The predicted molar refractivity (Wildman–Crippen MR) is 164 cm³/mol. The standard InChI is InChI=1S/C34H38FN5O3/c1-4-24-27(35)8-7-22-13-23(36)14-25(30(22)24)29-15-28-26(18-42-29)31(39-11-5-9-33(3,41)19-39)38-32(37-28)43-20-34-10-6-12-40(34)17-21(2)16-34/h1,7-8,13-14,29,41H,2,5-6,9-12,15-20,36H2,3H3/t29-,33+,34+/m0/s1. The van der Waals surface area contributed by atoms with Gasteiger partial charge in [0.15, 0.2) is 0 Å². The Kier molecular flexibility index (Phi) is 6.84. The zero-order valence-corrected chi connectivity index (χ0v) is 24.7. The molecule has 43 heavy (non-hydrogen) atoms. The van der Waals surface area contributed by atoms with Crippen LogP contribution in [-0.2, 0) is 17.8 Å². The normalized spacial score (nSPS) is 27.3. The summed E-state index contributed by atoms with van der Waals surface area (Å²) in [5, 5.41) is 12.3. The number of fused-ring (bicyclic) bond motifs is 3. The molecule has 3 saturated heterocycles. The van der Waals surface area contributed by atoms with Crippen LogP contribution in [0.2, 0.25) is 0 Å². The third kappa shape index (κ3) is 5.01. The molecule has 3 atom stereocenters. The summed E-state index contributed by atoms with van der Waals surface area (Å²) in [6, 6.07) is 7.01. The molecule has 0 bridgehead atoms. The Bertz CT molecular complexity index is 1670. The Morgan fingerprint density at radius 3 is 2.91 bits per heavy atom. The van der Waals surface area contributed by atoms with E-state index >= 15 is 0 Å². The largest absolute Gasteiger partial charge is 0.461 e. The number of β-amino-alcohol motifs (C(OH)–C–C–N with tert-alkyl or cyclic N) is 1. The number of benzene rings is 2. The molecule has 224 valence electrons. The molecule has 4 aliphatic heterocycles. The van der Waals surface area contributed by atoms with E-state index in [9.17, 15) is 9.50 Å². The van der Waals surface area contributed by atoms with Gasteiger partial charge in [0.2, 0.25) is 0 Å². The number of nitrogens with two attached hydrogens (primary N) is 1. The van der Waals surface area contributed by atoms with Gasteiger partial charge in [0.05, 0.1) is 35.1 Å². The summed E-state index contributed by atoms with van der Waals surface area (Å²) in [6.07, 6.45) is 10.4. The first-order chi connectivity index (χ1) is 20.6. The van der Waals surface area contributed by atoms with E-state index in [4.69, 9.17) is 31.6 Å². The monoisotopic (exact) mass is 583 g/mol. The maximum Gasteiger partial charge on any atom is 0.318 e. The molecule has 4 aliphatic rings. The number of hydrogen-bond donors (Lipinski definition) is 2. The number of halogens is 1. The van der Waals surface area contributed by atoms with E-state index < -0.39 is 17.5 Å². The number of piperidine rings is 1. The van der Waals surface area contributed by atoms with Gasteiger partial charge < -0.3 is 25.2 Å². The Labute approximate surface area is 251 Å². The average Bonchev–Trinajstić information content (AvgIpc) is 3.50. The van der Waals surface area contributed by atoms with E-state index in [-0.39, 0.29) is 17.7 Å². The molecular weight excluding hydrogens is 545 g/mol. The van der Waals surface area contributed by atoms with Crippen LogP contribution in [0.4, 0.5) is 15.9 Å². The second-order valence-electron chi connectivity index (χ2n) is 13.0. The predicted octanol–water partition coefficient (Wildman–Crippen LogP) is 4.67. The summed E-state index contributed by atoms with van der Waals surface area (Å²) >= 11 is 0. The SMILES string of the molecule is C#Cc1c(F)ccc2cc(N)cc([C@@H]3Cc4nc(OC[C@]56CCCN5CC(=C)C6)nc(N5CCC[C@@](C)(O)C5)c4CO3)c12. The fourth-order valence-corrected chi connectivity index (χ4v) is 7.70. The van der Waals surface area contributed by atoms with E-state index in [1.165, 1.54) is 11.6 Å². The van der Waals surface area contributed by atoms with E-state index in [2.05, 4.69) is 22.3 Å². The summed E-state index contributed by atoms with van der Waals surface area (Å²) < 4.78 is 27.7. The second-order valence-corrected chi connectivity index (χ2v) is 13.0. The molecule has 0 radical (unpaired) electrons. The van der Waals surface area contributed by atoms with Gasteiger partial charge in [-0.3, -0.25) is 4.90 Å². The van der Waals surface area contributed by atoms with Gasteiger partial charge in [0, 0.05) is 42.7 Å². The third-order valence-electron chi connectivity index (χ3n) is 9.65. The van der Waals surface area contributed by atoms with Gasteiger partial charge in [-0.25, -0.2) is 4.39 Å². The van der Waals surface area contributed by atoms with Crippen LogP contribution < -0.4 is 15.4 Å². The highest BCUT2D eigenvalue weighted by atomic mass is 19.1. The number of nitrogens with zero attached hydrogens (tertiary/aromatic N) is 4. The smallest absolute Gasteiger partial charge is 0.318 e. The molecule has 3 fully saturated rings. The van der Waals surface area contributed by atoms with Crippen molar-refractivity contribution in [1.29, 1.82) is 0 Å². The fraction of sp³-hybridized carbons (Fsp3) is 0.471. The minimum absolute atomic E-state index is 0.0624. The fourth-order valence-electron chi connectivity index (χ4n) is 7.70. The number of anilines is 2. The minimum atomic E-state index is -0.821. The molecule has 1 aromatic heterocycles. The molecule has 2 aromatic carbocycles. The molecule has 3 N–H and O–H groups in total. The summed E-state index contributed by atoms with van der Waals surface area (Å²) in [5.74, 6) is 2.82. The van der Waals surface area contributed by atoms with Crippen molar-refractivity contribution in [3.05, 3.63) is 64.6 Å². The van der Waals surface area contributed by atoms with Crippen molar-refractivity contribution in [3.63, 3.8) is 0 Å². The molecule has 8 nitrogen and oxygen atoms in total. The number of rotatable bonds is 5. The maximum absolute atomic E-state index is 14.8. The van der Waals surface area contributed by atoms with Crippen LogP contribution >= 0.6 is 0 Å². The van der Waals surface area contributed by atoms with Crippen molar-refractivity contribution >= 4 is 22.3 Å². The van der Waals surface area contributed by atoms with Crippen LogP contribution in [-0.4, -0.2) is 63.9 Å². The minimum Gasteiger partial charge on any atom is -0.461 e. The van der Waals surface area contributed by atoms with Crippen LogP contribution in [0.25, 0.3) is 10.8 Å². The van der Waals surface area contributed by atoms with Crippen molar-refractivity contribution < 1.29 is 19.0 Å². The Morgan fingerprint density at radius 1 is 1.26 bits per heavy atom. The van der Waals surface area contributed by atoms with Gasteiger partial charge in [-0.2, -0.15) is 9.97 Å². The molecule has 0 aliphatic carbocycles. The average molecular weight is 584 g/mol. The number of aromatic nitrogens is 2. The van der Waals surface area contributed by atoms with E-state index in [1.807, 2.05) is 13.0 Å². The summed E-state index contributed by atoms with van der Waals surface area (Å²) in [5.41, 5.74) is 9.83. The Hall–Kier alpha value is -3.71. The zero-order valence-electron chi connectivity index (χ0n) is 24.7. The van der Waals surface area contributed by atoms with E-state index in [0.717, 1.165) is 79.8 Å². The van der Waals surface area contributed by atoms with Gasteiger partial charge in [0.1, 0.15) is 18.2 Å². The van der Waals surface area contributed by atoms with Crippen molar-refractivity contribution in [3.8, 4) is 18.4 Å². The summed E-state index contributed by atoms with van der Waals surface area (Å²) in [4.78, 5) is 14.5. The number of aliphatic hydroxyl groups is 1. The molecule has 5 heterocycles. The molecule has 0 spiro atoms. The topological polar surface area (TPSA) is 97.0 Å². The first-order valence-electron chi connectivity index (χ1n) is 15.2. The zero-order chi connectivity index (χ0) is 29.9. The highest BCUT2D eigenvalue weighted by Gasteiger charge is 2.46. The molecular formula is C34H38FN5O3. The quantitative estimate of drug-likeness (QED) is 0.254.